The second-order valence-corrected chi connectivity index (χ2v) is 5.11. The highest BCUT2D eigenvalue weighted by Gasteiger charge is 2.17. The van der Waals surface area contributed by atoms with E-state index < -0.39 is 5.97 Å². The number of fused-ring (bicyclic) bond motifs is 1. The summed E-state index contributed by atoms with van der Waals surface area (Å²) in [6.07, 6.45) is 9.49. The molecule has 0 unspecified atom stereocenters. The first kappa shape index (κ1) is 13.5. The van der Waals surface area contributed by atoms with Gasteiger partial charge in [0.2, 0.25) is 0 Å². The number of aromatic carboxylic acids is 1. The summed E-state index contributed by atoms with van der Waals surface area (Å²) in [6.45, 7) is 0. The molecule has 3 rings (SSSR count). The van der Waals surface area contributed by atoms with Crippen molar-refractivity contribution in [2.24, 2.45) is 7.05 Å². The Hall–Kier alpha value is -2.50. The van der Waals surface area contributed by atoms with E-state index in [2.05, 4.69) is 15.1 Å². The number of nitrogens with zero attached hydrogens (tertiary/aromatic N) is 4. The SMILES string of the molecule is Cn1nc2c(c1/C=C/c1cc(C(=O)O)ncn1)CCCC2. The van der Waals surface area contributed by atoms with Crippen molar-refractivity contribution in [1.82, 2.24) is 19.7 Å². The monoisotopic (exact) mass is 284 g/mol. The van der Waals surface area contributed by atoms with E-state index >= 15 is 0 Å². The Morgan fingerprint density at radius 3 is 2.90 bits per heavy atom. The lowest BCUT2D eigenvalue weighted by Gasteiger charge is -2.09. The van der Waals surface area contributed by atoms with Crippen LogP contribution in [0.5, 0.6) is 0 Å². The Morgan fingerprint density at radius 1 is 1.29 bits per heavy atom. The summed E-state index contributed by atoms with van der Waals surface area (Å²) in [5.74, 6) is -1.05. The fraction of sp³-hybridized carbons (Fsp3) is 0.333. The molecule has 1 aliphatic carbocycles. The number of hydrogen-bond acceptors (Lipinski definition) is 4. The molecular weight excluding hydrogens is 268 g/mol. The zero-order valence-corrected chi connectivity index (χ0v) is 11.8. The van der Waals surface area contributed by atoms with E-state index in [0.717, 1.165) is 18.5 Å². The average Bonchev–Trinajstić information content (AvgIpc) is 2.81. The highest BCUT2D eigenvalue weighted by Crippen LogP contribution is 2.24. The maximum atomic E-state index is 10.9. The molecule has 0 atom stereocenters. The van der Waals surface area contributed by atoms with Gasteiger partial charge in [0.05, 0.1) is 17.1 Å². The van der Waals surface area contributed by atoms with Crippen molar-refractivity contribution in [3.63, 3.8) is 0 Å². The molecule has 2 aromatic heterocycles. The van der Waals surface area contributed by atoms with Gasteiger partial charge in [-0.2, -0.15) is 5.10 Å². The summed E-state index contributed by atoms with van der Waals surface area (Å²) < 4.78 is 1.88. The summed E-state index contributed by atoms with van der Waals surface area (Å²) in [5, 5.41) is 13.5. The van der Waals surface area contributed by atoms with Crippen LogP contribution in [-0.2, 0) is 19.9 Å². The molecule has 2 aromatic rings. The lowest BCUT2D eigenvalue weighted by atomic mass is 9.96. The van der Waals surface area contributed by atoms with Gasteiger partial charge in [-0.1, -0.05) is 0 Å². The molecule has 0 amide bonds. The molecule has 6 nitrogen and oxygen atoms in total. The smallest absolute Gasteiger partial charge is 0.354 e. The highest BCUT2D eigenvalue weighted by atomic mass is 16.4. The van der Waals surface area contributed by atoms with Gasteiger partial charge in [0, 0.05) is 12.6 Å². The van der Waals surface area contributed by atoms with Crippen molar-refractivity contribution in [2.45, 2.75) is 25.7 Å². The number of rotatable bonds is 3. The zero-order valence-electron chi connectivity index (χ0n) is 11.8. The molecule has 0 saturated carbocycles. The topological polar surface area (TPSA) is 80.9 Å². The largest absolute Gasteiger partial charge is 0.477 e. The molecule has 0 radical (unpaired) electrons. The quantitative estimate of drug-likeness (QED) is 0.931. The van der Waals surface area contributed by atoms with Crippen LogP contribution in [0.4, 0.5) is 0 Å². The van der Waals surface area contributed by atoms with E-state index in [1.54, 1.807) is 6.08 Å². The van der Waals surface area contributed by atoms with Crippen LogP contribution >= 0.6 is 0 Å². The molecule has 0 bridgehead atoms. The minimum atomic E-state index is -1.05. The molecule has 0 saturated heterocycles. The Balaban J connectivity index is 1.91. The van der Waals surface area contributed by atoms with Crippen LogP contribution in [0.15, 0.2) is 12.4 Å². The predicted octanol–water partition coefficient (Wildman–Crippen LogP) is 1.96. The zero-order chi connectivity index (χ0) is 14.8. The number of carboxylic acids is 1. The molecule has 1 aliphatic rings. The van der Waals surface area contributed by atoms with Gasteiger partial charge >= 0.3 is 5.97 Å². The molecule has 0 fully saturated rings. The highest BCUT2D eigenvalue weighted by molar-refractivity contribution is 5.86. The lowest BCUT2D eigenvalue weighted by Crippen LogP contribution is -2.01. The van der Waals surface area contributed by atoms with Gasteiger partial charge in [-0.25, -0.2) is 14.8 Å². The average molecular weight is 284 g/mol. The predicted molar refractivity (Wildman–Crippen MR) is 77.8 cm³/mol. The van der Waals surface area contributed by atoms with Crippen molar-refractivity contribution >= 4 is 18.1 Å². The number of carboxylic acid groups (broad SMARTS) is 1. The number of carbonyl (C=O) groups is 1. The number of aromatic nitrogens is 4. The van der Waals surface area contributed by atoms with E-state index in [1.807, 2.05) is 17.8 Å². The Labute approximate surface area is 122 Å². The second kappa shape index (κ2) is 5.47. The molecule has 2 heterocycles. The first-order valence-corrected chi connectivity index (χ1v) is 6.93. The third kappa shape index (κ3) is 2.69. The van der Waals surface area contributed by atoms with E-state index in [1.165, 1.54) is 36.5 Å². The summed E-state index contributed by atoms with van der Waals surface area (Å²) in [7, 11) is 1.93. The van der Waals surface area contributed by atoms with E-state index in [9.17, 15) is 4.79 Å². The molecule has 108 valence electrons. The minimum absolute atomic E-state index is 0.00307. The molecule has 21 heavy (non-hydrogen) atoms. The maximum absolute atomic E-state index is 10.9. The normalized spacial score (nSPS) is 14.3. The van der Waals surface area contributed by atoms with Gasteiger partial charge in [0.25, 0.3) is 0 Å². The number of hydrogen-bond donors (Lipinski definition) is 1. The molecule has 0 spiro atoms. The van der Waals surface area contributed by atoms with E-state index in [-0.39, 0.29) is 5.69 Å². The first-order chi connectivity index (χ1) is 10.1. The molecule has 1 N–H and O–H groups in total. The fourth-order valence-corrected chi connectivity index (χ4v) is 2.66. The van der Waals surface area contributed by atoms with Gasteiger partial charge in [-0.3, -0.25) is 4.68 Å². The van der Waals surface area contributed by atoms with Crippen LogP contribution < -0.4 is 0 Å². The minimum Gasteiger partial charge on any atom is -0.477 e. The molecule has 0 aromatic carbocycles. The van der Waals surface area contributed by atoms with Crippen molar-refractivity contribution in [2.75, 3.05) is 0 Å². The van der Waals surface area contributed by atoms with E-state index in [0.29, 0.717) is 5.69 Å². The third-order valence-corrected chi connectivity index (χ3v) is 3.69. The van der Waals surface area contributed by atoms with Gasteiger partial charge in [-0.05, 0) is 43.9 Å². The van der Waals surface area contributed by atoms with Crippen LogP contribution in [0.25, 0.3) is 12.2 Å². The first-order valence-electron chi connectivity index (χ1n) is 6.93. The van der Waals surface area contributed by atoms with Gasteiger partial charge in [0.1, 0.15) is 6.33 Å². The van der Waals surface area contributed by atoms with E-state index in [4.69, 9.17) is 5.11 Å². The number of aryl methyl sites for hydroxylation is 2. The second-order valence-electron chi connectivity index (χ2n) is 5.11. The fourth-order valence-electron chi connectivity index (χ4n) is 2.66. The van der Waals surface area contributed by atoms with Gasteiger partial charge in [0.15, 0.2) is 5.69 Å². The van der Waals surface area contributed by atoms with Gasteiger partial charge < -0.3 is 5.11 Å². The summed E-state index contributed by atoms with van der Waals surface area (Å²) in [4.78, 5) is 18.7. The lowest BCUT2D eigenvalue weighted by molar-refractivity contribution is 0.0690. The summed E-state index contributed by atoms with van der Waals surface area (Å²) in [5.41, 5.74) is 4.12. The van der Waals surface area contributed by atoms with Crippen LogP contribution in [0, 0.1) is 0 Å². The Morgan fingerprint density at radius 2 is 2.10 bits per heavy atom. The summed E-state index contributed by atoms with van der Waals surface area (Å²) in [6, 6.07) is 1.46. The van der Waals surface area contributed by atoms with Crippen LogP contribution in [0.3, 0.4) is 0 Å². The Kier molecular flexibility index (Phi) is 3.51. The van der Waals surface area contributed by atoms with Crippen molar-refractivity contribution in [3.05, 3.63) is 40.7 Å². The van der Waals surface area contributed by atoms with Crippen molar-refractivity contribution in [3.8, 4) is 0 Å². The van der Waals surface area contributed by atoms with Crippen LogP contribution in [0.2, 0.25) is 0 Å². The molecular formula is C15H16N4O2. The van der Waals surface area contributed by atoms with Crippen molar-refractivity contribution in [1.29, 1.82) is 0 Å². The maximum Gasteiger partial charge on any atom is 0.354 e. The van der Waals surface area contributed by atoms with Crippen LogP contribution in [-0.4, -0.2) is 30.8 Å². The van der Waals surface area contributed by atoms with Crippen LogP contribution in [0.1, 0.15) is 46.0 Å². The standard InChI is InChI=1S/C15H16N4O2/c1-19-14(11-4-2-3-5-12(11)18-19)7-6-10-8-13(15(20)21)17-9-16-10/h6-9H,2-5H2,1H3,(H,20,21)/b7-6+. The summed E-state index contributed by atoms with van der Waals surface area (Å²) >= 11 is 0. The third-order valence-electron chi connectivity index (χ3n) is 3.69. The van der Waals surface area contributed by atoms with Crippen molar-refractivity contribution < 1.29 is 9.90 Å². The molecule has 0 aliphatic heterocycles. The molecule has 6 heteroatoms. The van der Waals surface area contributed by atoms with Gasteiger partial charge in [-0.15, -0.1) is 0 Å². The Bertz CT molecular complexity index is 718.